The summed E-state index contributed by atoms with van der Waals surface area (Å²) >= 11 is 0. The van der Waals surface area contributed by atoms with Crippen LogP contribution in [0.1, 0.15) is 32.1 Å². The van der Waals surface area contributed by atoms with Crippen LogP contribution in [0.4, 0.5) is 0 Å². The smallest absolute Gasteiger partial charge is 0.0673 e. The van der Waals surface area contributed by atoms with Crippen LogP contribution in [0.25, 0.3) is 0 Å². The minimum atomic E-state index is -0.0830. The summed E-state index contributed by atoms with van der Waals surface area (Å²) in [5.74, 6) is 0. The molecule has 1 fully saturated rings. The van der Waals surface area contributed by atoms with E-state index in [0.717, 1.165) is 13.1 Å². The van der Waals surface area contributed by atoms with Crippen molar-refractivity contribution in [3.63, 3.8) is 0 Å². The Balaban J connectivity index is 2.36. The lowest BCUT2D eigenvalue weighted by atomic mass is 9.74. The van der Waals surface area contributed by atoms with E-state index < -0.39 is 0 Å². The van der Waals surface area contributed by atoms with E-state index in [9.17, 15) is 0 Å². The topological polar surface area (TPSA) is 90.1 Å². The molecule has 1 aliphatic rings. The van der Waals surface area contributed by atoms with Gasteiger partial charge in [0.05, 0.1) is 6.17 Å². The molecule has 0 bridgehead atoms. The summed E-state index contributed by atoms with van der Waals surface area (Å²) in [6, 6.07) is 0. The molecule has 0 spiro atoms. The standard InChI is InChI=1S/C10H24N4/c11-6-9(13)14-8-10(7-12)4-2-1-3-5-10/h9,14H,1-8,11-13H2. The van der Waals surface area contributed by atoms with Crippen molar-refractivity contribution < 1.29 is 0 Å². The van der Waals surface area contributed by atoms with Gasteiger partial charge in [0.1, 0.15) is 0 Å². The average molecular weight is 200 g/mol. The molecule has 0 heterocycles. The average Bonchev–Trinajstić information content (AvgIpc) is 2.27. The first-order chi connectivity index (χ1) is 6.72. The van der Waals surface area contributed by atoms with Crippen molar-refractivity contribution in [1.82, 2.24) is 5.32 Å². The third-order valence-electron chi connectivity index (χ3n) is 3.34. The van der Waals surface area contributed by atoms with Gasteiger partial charge in [-0.25, -0.2) is 0 Å². The van der Waals surface area contributed by atoms with Gasteiger partial charge in [-0.05, 0) is 24.8 Å². The normalized spacial score (nSPS) is 23.4. The molecule has 0 aliphatic heterocycles. The molecule has 0 aromatic heterocycles. The molecule has 4 heteroatoms. The highest BCUT2D eigenvalue weighted by molar-refractivity contribution is 4.86. The highest BCUT2D eigenvalue weighted by Gasteiger charge is 2.30. The van der Waals surface area contributed by atoms with Gasteiger partial charge in [0.25, 0.3) is 0 Å². The van der Waals surface area contributed by atoms with Crippen molar-refractivity contribution in [2.45, 2.75) is 38.3 Å². The zero-order valence-corrected chi connectivity index (χ0v) is 8.97. The Bertz CT molecular complexity index is 154. The molecule has 0 saturated heterocycles. The highest BCUT2D eigenvalue weighted by Crippen LogP contribution is 2.34. The van der Waals surface area contributed by atoms with Crippen molar-refractivity contribution in [1.29, 1.82) is 0 Å². The van der Waals surface area contributed by atoms with E-state index >= 15 is 0 Å². The first kappa shape index (κ1) is 11.9. The van der Waals surface area contributed by atoms with Gasteiger partial charge in [-0.2, -0.15) is 0 Å². The minimum Gasteiger partial charge on any atom is -0.330 e. The Morgan fingerprint density at radius 1 is 1.14 bits per heavy atom. The van der Waals surface area contributed by atoms with Crippen molar-refractivity contribution in [3.05, 3.63) is 0 Å². The predicted octanol–water partition coefficient (Wildman–Crippen LogP) is -0.271. The van der Waals surface area contributed by atoms with E-state index in [2.05, 4.69) is 5.32 Å². The van der Waals surface area contributed by atoms with Crippen molar-refractivity contribution in [3.8, 4) is 0 Å². The fourth-order valence-electron chi connectivity index (χ4n) is 2.19. The lowest BCUT2D eigenvalue weighted by Gasteiger charge is -2.37. The summed E-state index contributed by atoms with van der Waals surface area (Å²) in [6.45, 7) is 2.17. The lowest BCUT2D eigenvalue weighted by molar-refractivity contribution is 0.185. The van der Waals surface area contributed by atoms with E-state index in [1.807, 2.05) is 0 Å². The molecule has 1 aliphatic carbocycles. The maximum absolute atomic E-state index is 5.85. The quantitative estimate of drug-likeness (QED) is 0.460. The van der Waals surface area contributed by atoms with Gasteiger partial charge in [-0.1, -0.05) is 19.3 Å². The minimum absolute atomic E-state index is 0.0830. The number of hydrogen-bond donors (Lipinski definition) is 4. The van der Waals surface area contributed by atoms with Crippen LogP contribution >= 0.6 is 0 Å². The Morgan fingerprint density at radius 2 is 1.79 bits per heavy atom. The summed E-state index contributed by atoms with van der Waals surface area (Å²) in [4.78, 5) is 0. The third-order valence-corrected chi connectivity index (χ3v) is 3.34. The summed E-state index contributed by atoms with van der Waals surface area (Å²) in [6.07, 6.45) is 6.33. The summed E-state index contributed by atoms with van der Waals surface area (Å²) in [5.41, 5.74) is 17.3. The van der Waals surface area contributed by atoms with Crippen LogP contribution in [0.3, 0.4) is 0 Å². The van der Waals surface area contributed by atoms with Crippen LogP contribution < -0.4 is 22.5 Å². The van der Waals surface area contributed by atoms with Crippen LogP contribution in [0.2, 0.25) is 0 Å². The fraction of sp³-hybridized carbons (Fsp3) is 1.00. The largest absolute Gasteiger partial charge is 0.330 e. The maximum Gasteiger partial charge on any atom is 0.0673 e. The molecule has 1 atom stereocenters. The molecule has 1 rings (SSSR count). The van der Waals surface area contributed by atoms with Crippen LogP contribution in [0.5, 0.6) is 0 Å². The SMILES string of the molecule is NCC(N)NCC1(CN)CCCCC1. The molecular formula is C10H24N4. The summed E-state index contributed by atoms with van der Waals surface area (Å²) in [7, 11) is 0. The van der Waals surface area contributed by atoms with Gasteiger partial charge in [0.15, 0.2) is 0 Å². The Hall–Kier alpha value is -0.160. The molecular weight excluding hydrogens is 176 g/mol. The van der Waals surface area contributed by atoms with E-state index in [1.54, 1.807) is 0 Å². The predicted molar refractivity (Wildman–Crippen MR) is 59.6 cm³/mol. The van der Waals surface area contributed by atoms with Crippen LogP contribution in [-0.4, -0.2) is 25.8 Å². The molecule has 1 unspecified atom stereocenters. The van der Waals surface area contributed by atoms with E-state index in [-0.39, 0.29) is 11.6 Å². The van der Waals surface area contributed by atoms with Gasteiger partial charge >= 0.3 is 0 Å². The van der Waals surface area contributed by atoms with E-state index in [4.69, 9.17) is 17.2 Å². The van der Waals surface area contributed by atoms with Gasteiger partial charge in [-0.3, -0.25) is 0 Å². The Morgan fingerprint density at radius 3 is 2.29 bits per heavy atom. The van der Waals surface area contributed by atoms with E-state index in [1.165, 1.54) is 32.1 Å². The van der Waals surface area contributed by atoms with Gasteiger partial charge in [0.2, 0.25) is 0 Å². The first-order valence-corrected chi connectivity index (χ1v) is 5.61. The van der Waals surface area contributed by atoms with Crippen LogP contribution in [0.15, 0.2) is 0 Å². The summed E-state index contributed by atoms with van der Waals surface area (Å²) < 4.78 is 0. The maximum atomic E-state index is 5.85. The lowest BCUT2D eigenvalue weighted by Crippen LogP contribution is -2.50. The van der Waals surface area contributed by atoms with Crippen LogP contribution in [0, 0.1) is 5.41 Å². The van der Waals surface area contributed by atoms with Gasteiger partial charge in [0, 0.05) is 13.1 Å². The molecule has 0 radical (unpaired) electrons. The molecule has 7 N–H and O–H groups in total. The van der Waals surface area contributed by atoms with Crippen molar-refractivity contribution in [2.75, 3.05) is 19.6 Å². The summed E-state index contributed by atoms with van der Waals surface area (Å²) in [5, 5.41) is 3.27. The van der Waals surface area contributed by atoms with Crippen molar-refractivity contribution >= 4 is 0 Å². The molecule has 4 nitrogen and oxygen atoms in total. The van der Waals surface area contributed by atoms with Gasteiger partial charge in [-0.15, -0.1) is 0 Å². The monoisotopic (exact) mass is 200 g/mol. The van der Waals surface area contributed by atoms with Crippen LogP contribution in [-0.2, 0) is 0 Å². The Labute approximate surface area is 86.6 Å². The zero-order chi connectivity index (χ0) is 10.4. The molecule has 84 valence electrons. The van der Waals surface area contributed by atoms with Gasteiger partial charge < -0.3 is 22.5 Å². The molecule has 0 aromatic rings. The fourth-order valence-corrected chi connectivity index (χ4v) is 2.19. The molecule has 14 heavy (non-hydrogen) atoms. The van der Waals surface area contributed by atoms with E-state index in [0.29, 0.717) is 6.54 Å². The second-order valence-corrected chi connectivity index (χ2v) is 4.49. The number of nitrogens with two attached hydrogens (primary N) is 3. The highest BCUT2D eigenvalue weighted by atomic mass is 15.0. The molecule has 0 amide bonds. The first-order valence-electron chi connectivity index (χ1n) is 5.61. The van der Waals surface area contributed by atoms with Crippen molar-refractivity contribution in [2.24, 2.45) is 22.6 Å². The number of hydrogen-bond acceptors (Lipinski definition) is 4. The molecule has 1 saturated carbocycles. The number of nitrogens with one attached hydrogen (secondary N) is 1. The zero-order valence-electron chi connectivity index (χ0n) is 8.97. The Kier molecular flexibility index (Phi) is 4.81. The number of rotatable bonds is 5. The second kappa shape index (κ2) is 5.66. The third kappa shape index (κ3) is 3.20. The molecule has 0 aromatic carbocycles. The second-order valence-electron chi connectivity index (χ2n) is 4.49.